The Morgan fingerprint density at radius 3 is 2.77 bits per heavy atom. The summed E-state index contributed by atoms with van der Waals surface area (Å²) in [7, 11) is 0. The Morgan fingerprint density at radius 2 is 2.09 bits per heavy atom. The quantitative estimate of drug-likeness (QED) is 0.866. The molecular formula is C17H24N2O3. The number of hydrogen-bond acceptors (Lipinski definition) is 3. The lowest BCUT2D eigenvalue weighted by Gasteiger charge is -2.33. The average molecular weight is 304 g/mol. The van der Waals surface area contributed by atoms with E-state index in [9.17, 15) is 14.7 Å². The number of amides is 2. The van der Waals surface area contributed by atoms with Crippen molar-refractivity contribution in [3.8, 4) is 0 Å². The first kappa shape index (κ1) is 16.5. The van der Waals surface area contributed by atoms with Crippen molar-refractivity contribution in [2.45, 2.75) is 32.3 Å². The van der Waals surface area contributed by atoms with Crippen LogP contribution >= 0.6 is 0 Å². The first-order valence-corrected chi connectivity index (χ1v) is 7.93. The summed E-state index contributed by atoms with van der Waals surface area (Å²) in [5.41, 5.74) is 0.588. The molecule has 1 aliphatic heterocycles. The van der Waals surface area contributed by atoms with Crippen LogP contribution in [0, 0.1) is 5.92 Å². The molecule has 0 saturated carbocycles. The number of aliphatic hydroxyl groups excluding tert-OH is 1. The van der Waals surface area contributed by atoms with Crippen LogP contribution in [-0.4, -0.2) is 41.5 Å². The molecule has 1 aromatic rings. The van der Waals surface area contributed by atoms with E-state index in [2.05, 4.69) is 5.32 Å². The molecule has 5 heteroatoms. The highest BCUT2D eigenvalue weighted by atomic mass is 16.3. The number of piperidine rings is 1. The van der Waals surface area contributed by atoms with E-state index in [0.29, 0.717) is 25.2 Å². The second-order valence-corrected chi connectivity index (χ2v) is 5.73. The minimum Gasteiger partial charge on any atom is -0.378 e. The number of rotatable bonds is 5. The molecule has 0 radical (unpaired) electrons. The summed E-state index contributed by atoms with van der Waals surface area (Å²) in [4.78, 5) is 26.1. The van der Waals surface area contributed by atoms with E-state index in [0.717, 1.165) is 19.3 Å². The third-order valence-electron chi connectivity index (χ3n) is 4.00. The zero-order valence-electron chi connectivity index (χ0n) is 13.0. The normalized spacial score (nSPS) is 19.5. The second-order valence-electron chi connectivity index (χ2n) is 5.73. The lowest BCUT2D eigenvalue weighted by Crippen LogP contribution is -2.47. The predicted octanol–water partition coefficient (Wildman–Crippen LogP) is 1.48. The fourth-order valence-corrected chi connectivity index (χ4v) is 2.73. The molecule has 2 amide bonds. The Kier molecular flexibility index (Phi) is 5.95. The van der Waals surface area contributed by atoms with Crippen molar-refractivity contribution in [1.29, 1.82) is 0 Å². The molecule has 1 aromatic carbocycles. The Balaban J connectivity index is 1.96. The number of carbonyl (C=O) groups is 2. The van der Waals surface area contributed by atoms with Crippen LogP contribution in [0.5, 0.6) is 0 Å². The van der Waals surface area contributed by atoms with Gasteiger partial charge in [-0.2, -0.15) is 0 Å². The molecule has 1 heterocycles. The summed E-state index contributed by atoms with van der Waals surface area (Å²) >= 11 is 0. The maximum absolute atomic E-state index is 12.4. The largest absolute Gasteiger partial charge is 0.378 e. The van der Waals surface area contributed by atoms with Gasteiger partial charge in [-0.1, -0.05) is 37.3 Å². The van der Waals surface area contributed by atoms with Gasteiger partial charge in [-0.15, -0.1) is 0 Å². The van der Waals surface area contributed by atoms with Crippen molar-refractivity contribution in [3.63, 3.8) is 0 Å². The molecule has 0 bridgehead atoms. The molecule has 2 unspecified atom stereocenters. The molecule has 120 valence electrons. The van der Waals surface area contributed by atoms with Crippen LogP contribution in [-0.2, 0) is 9.59 Å². The first-order valence-electron chi connectivity index (χ1n) is 7.93. The van der Waals surface area contributed by atoms with Crippen molar-refractivity contribution >= 4 is 11.8 Å². The van der Waals surface area contributed by atoms with Gasteiger partial charge in [-0.05, 0) is 24.8 Å². The fourth-order valence-electron chi connectivity index (χ4n) is 2.73. The van der Waals surface area contributed by atoms with Crippen LogP contribution < -0.4 is 5.32 Å². The van der Waals surface area contributed by atoms with Gasteiger partial charge in [0.15, 0.2) is 6.10 Å². The molecule has 5 nitrogen and oxygen atoms in total. The smallest absolute Gasteiger partial charge is 0.256 e. The molecule has 2 rings (SSSR count). The van der Waals surface area contributed by atoms with Gasteiger partial charge in [-0.3, -0.25) is 9.59 Å². The number of benzene rings is 1. The minimum atomic E-state index is -1.15. The Hall–Kier alpha value is -1.88. The van der Waals surface area contributed by atoms with Crippen molar-refractivity contribution < 1.29 is 14.7 Å². The van der Waals surface area contributed by atoms with E-state index < -0.39 is 6.10 Å². The Bertz CT molecular complexity index is 504. The SMILES string of the molecule is CCCNC(=O)C1CCCN(C(=O)C(O)c2ccccc2)C1. The van der Waals surface area contributed by atoms with Gasteiger partial charge >= 0.3 is 0 Å². The van der Waals surface area contributed by atoms with Gasteiger partial charge in [0.25, 0.3) is 5.91 Å². The first-order chi connectivity index (χ1) is 10.6. The minimum absolute atomic E-state index is 0.00792. The Morgan fingerprint density at radius 1 is 1.36 bits per heavy atom. The van der Waals surface area contributed by atoms with Crippen LogP contribution in [0.1, 0.15) is 37.9 Å². The summed E-state index contributed by atoms with van der Waals surface area (Å²) in [6.45, 7) is 3.65. The zero-order valence-corrected chi connectivity index (χ0v) is 13.0. The maximum Gasteiger partial charge on any atom is 0.256 e. The number of nitrogens with one attached hydrogen (secondary N) is 1. The van der Waals surface area contributed by atoms with E-state index in [1.807, 2.05) is 13.0 Å². The van der Waals surface area contributed by atoms with E-state index in [1.54, 1.807) is 29.2 Å². The zero-order chi connectivity index (χ0) is 15.9. The number of nitrogens with zero attached hydrogens (tertiary/aromatic N) is 1. The number of hydrogen-bond donors (Lipinski definition) is 2. The van der Waals surface area contributed by atoms with Crippen molar-refractivity contribution in [1.82, 2.24) is 10.2 Å². The summed E-state index contributed by atoms with van der Waals surface area (Å²) in [6, 6.07) is 8.90. The van der Waals surface area contributed by atoms with Crippen LogP contribution in [0.15, 0.2) is 30.3 Å². The molecule has 1 fully saturated rings. The van der Waals surface area contributed by atoms with Gasteiger partial charge in [0, 0.05) is 19.6 Å². The van der Waals surface area contributed by atoms with E-state index in [4.69, 9.17) is 0 Å². The molecule has 1 aliphatic rings. The highest BCUT2D eigenvalue weighted by Crippen LogP contribution is 2.21. The highest BCUT2D eigenvalue weighted by molar-refractivity contribution is 5.84. The van der Waals surface area contributed by atoms with Crippen LogP contribution in [0.3, 0.4) is 0 Å². The standard InChI is InChI=1S/C17H24N2O3/c1-2-10-18-16(21)14-9-6-11-19(12-14)17(22)15(20)13-7-4-3-5-8-13/h3-5,7-8,14-15,20H,2,6,9-12H2,1H3,(H,18,21). The van der Waals surface area contributed by atoms with Gasteiger partial charge in [0.1, 0.15) is 0 Å². The molecule has 0 aliphatic carbocycles. The molecule has 0 aromatic heterocycles. The van der Waals surface area contributed by atoms with Gasteiger partial charge in [0.2, 0.25) is 5.91 Å². The molecule has 0 spiro atoms. The monoisotopic (exact) mass is 304 g/mol. The van der Waals surface area contributed by atoms with Crippen molar-refractivity contribution in [2.24, 2.45) is 5.92 Å². The molecular weight excluding hydrogens is 280 g/mol. The molecule has 2 N–H and O–H groups in total. The number of likely N-dealkylation sites (tertiary alicyclic amines) is 1. The molecule has 2 atom stereocenters. The Labute approximate surface area is 131 Å². The third-order valence-corrected chi connectivity index (χ3v) is 4.00. The second kappa shape index (κ2) is 7.94. The van der Waals surface area contributed by atoms with Gasteiger partial charge in [0.05, 0.1) is 5.92 Å². The van der Waals surface area contributed by atoms with Crippen LogP contribution in [0.4, 0.5) is 0 Å². The van der Waals surface area contributed by atoms with E-state index in [-0.39, 0.29) is 17.7 Å². The lowest BCUT2D eigenvalue weighted by molar-refractivity contribution is -0.143. The summed E-state index contributed by atoms with van der Waals surface area (Å²) in [5.74, 6) is -0.486. The topological polar surface area (TPSA) is 69.6 Å². The van der Waals surface area contributed by atoms with Crippen molar-refractivity contribution in [2.75, 3.05) is 19.6 Å². The molecule has 22 heavy (non-hydrogen) atoms. The molecule has 1 saturated heterocycles. The van der Waals surface area contributed by atoms with E-state index >= 15 is 0 Å². The van der Waals surface area contributed by atoms with Gasteiger partial charge in [-0.25, -0.2) is 0 Å². The summed E-state index contributed by atoms with van der Waals surface area (Å²) < 4.78 is 0. The van der Waals surface area contributed by atoms with Crippen LogP contribution in [0.2, 0.25) is 0 Å². The fraction of sp³-hybridized carbons (Fsp3) is 0.529. The highest BCUT2D eigenvalue weighted by Gasteiger charge is 2.31. The summed E-state index contributed by atoms with van der Waals surface area (Å²) in [5, 5.41) is 13.1. The maximum atomic E-state index is 12.4. The third kappa shape index (κ3) is 4.07. The summed E-state index contributed by atoms with van der Waals surface area (Å²) in [6.07, 6.45) is 1.32. The average Bonchev–Trinajstić information content (AvgIpc) is 2.59. The van der Waals surface area contributed by atoms with Crippen LogP contribution in [0.25, 0.3) is 0 Å². The number of aliphatic hydroxyl groups is 1. The lowest BCUT2D eigenvalue weighted by atomic mass is 9.96. The van der Waals surface area contributed by atoms with Crippen molar-refractivity contribution in [3.05, 3.63) is 35.9 Å². The van der Waals surface area contributed by atoms with E-state index in [1.165, 1.54) is 0 Å². The predicted molar refractivity (Wildman–Crippen MR) is 84.0 cm³/mol. The number of carbonyl (C=O) groups excluding carboxylic acids is 2. The van der Waals surface area contributed by atoms with Gasteiger partial charge < -0.3 is 15.3 Å².